The van der Waals surface area contributed by atoms with Crippen molar-refractivity contribution in [3.05, 3.63) is 59.2 Å². The van der Waals surface area contributed by atoms with Gasteiger partial charge in [0.1, 0.15) is 5.75 Å². The van der Waals surface area contributed by atoms with Crippen LogP contribution in [0.2, 0.25) is 0 Å². The van der Waals surface area contributed by atoms with Crippen molar-refractivity contribution >= 4 is 17.6 Å². The van der Waals surface area contributed by atoms with Gasteiger partial charge >= 0.3 is 5.97 Å². The molecule has 0 spiro atoms. The van der Waals surface area contributed by atoms with Crippen LogP contribution in [0.15, 0.2) is 42.5 Å². The second-order valence-electron chi connectivity index (χ2n) is 6.11. The molecule has 1 amide bonds. The Kier molecular flexibility index (Phi) is 5.03. The number of hydrogen-bond acceptors (Lipinski definition) is 4. The quantitative estimate of drug-likeness (QED) is 0.848. The molecule has 0 heterocycles. The van der Waals surface area contributed by atoms with E-state index in [1.807, 2.05) is 12.1 Å². The number of esters is 1. The van der Waals surface area contributed by atoms with E-state index in [4.69, 9.17) is 9.47 Å². The Morgan fingerprint density at radius 2 is 1.88 bits per heavy atom. The maximum atomic E-state index is 12.3. The summed E-state index contributed by atoms with van der Waals surface area (Å²) >= 11 is 0. The molecular weight excluding hydrogens is 318 g/mol. The van der Waals surface area contributed by atoms with Gasteiger partial charge in [0.2, 0.25) is 0 Å². The van der Waals surface area contributed by atoms with E-state index in [0.717, 1.165) is 19.3 Å². The zero-order valence-corrected chi connectivity index (χ0v) is 14.4. The molecule has 0 unspecified atom stereocenters. The first-order valence-corrected chi connectivity index (χ1v) is 8.34. The summed E-state index contributed by atoms with van der Waals surface area (Å²) in [6, 6.07) is 12.6. The zero-order valence-electron chi connectivity index (χ0n) is 14.4. The van der Waals surface area contributed by atoms with Crippen molar-refractivity contribution in [2.45, 2.75) is 32.3 Å². The normalized spacial score (nSPS) is 13.7. The van der Waals surface area contributed by atoms with E-state index in [0.29, 0.717) is 17.0 Å². The number of anilines is 1. The Morgan fingerprint density at radius 3 is 2.68 bits per heavy atom. The van der Waals surface area contributed by atoms with Gasteiger partial charge in [0.15, 0.2) is 6.10 Å². The Balaban J connectivity index is 1.61. The second-order valence-corrected chi connectivity index (χ2v) is 6.11. The van der Waals surface area contributed by atoms with E-state index in [9.17, 15) is 9.59 Å². The highest BCUT2D eigenvalue weighted by Gasteiger charge is 2.20. The third-order valence-corrected chi connectivity index (χ3v) is 4.32. The van der Waals surface area contributed by atoms with Crippen molar-refractivity contribution in [2.24, 2.45) is 0 Å². The largest absolute Gasteiger partial charge is 0.497 e. The lowest BCUT2D eigenvalue weighted by Crippen LogP contribution is -2.30. The summed E-state index contributed by atoms with van der Waals surface area (Å²) in [4.78, 5) is 24.5. The van der Waals surface area contributed by atoms with E-state index < -0.39 is 12.1 Å². The SMILES string of the molecule is COc1cccc(NC(=O)[C@H](C)OC(=O)c2ccc3c(c2)CCC3)c1. The standard InChI is InChI=1S/C20H21NO4/c1-13(19(22)21-17-7-4-8-18(12-17)24-2)25-20(23)16-10-9-14-5-3-6-15(14)11-16/h4,7-13H,3,5-6H2,1-2H3,(H,21,22)/t13-/m0/s1. The van der Waals surface area contributed by atoms with Crippen LogP contribution >= 0.6 is 0 Å². The average Bonchev–Trinajstić information content (AvgIpc) is 3.09. The first kappa shape index (κ1) is 17.0. The van der Waals surface area contributed by atoms with E-state index in [1.165, 1.54) is 11.1 Å². The van der Waals surface area contributed by atoms with Gasteiger partial charge in [0.05, 0.1) is 12.7 Å². The first-order chi connectivity index (χ1) is 12.1. The molecule has 1 N–H and O–H groups in total. The fourth-order valence-electron chi connectivity index (χ4n) is 2.93. The van der Waals surface area contributed by atoms with Crippen molar-refractivity contribution in [2.75, 3.05) is 12.4 Å². The number of fused-ring (bicyclic) bond motifs is 1. The van der Waals surface area contributed by atoms with Crippen molar-refractivity contribution < 1.29 is 19.1 Å². The molecule has 0 bridgehead atoms. The fraction of sp³-hybridized carbons (Fsp3) is 0.300. The smallest absolute Gasteiger partial charge is 0.338 e. The molecule has 3 rings (SSSR count). The van der Waals surface area contributed by atoms with Crippen LogP contribution in [-0.2, 0) is 22.4 Å². The Labute approximate surface area is 147 Å². The first-order valence-electron chi connectivity index (χ1n) is 8.34. The molecule has 0 aliphatic heterocycles. The van der Waals surface area contributed by atoms with Gasteiger partial charge in [0.25, 0.3) is 5.91 Å². The number of nitrogens with one attached hydrogen (secondary N) is 1. The lowest BCUT2D eigenvalue weighted by molar-refractivity contribution is -0.123. The van der Waals surface area contributed by atoms with Gasteiger partial charge in [-0.15, -0.1) is 0 Å². The molecule has 0 saturated carbocycles. The number of ether oxygens (including phenoxy) is 2. The summed E-state index contributed by atoms with van der Waals surface area (Å²) in [5, 5.41) is 2.72. The maximum Gasteiger partial charge on any atom is 0.338 e. The molecule has 5 heteroatoms. The van der Waals surface area contributed by atoms with Crippen LogP contribution in [-0.4, -0.2) is 25.1 Å². The minimum absolute atomic E-state index is 0.386. The number of amides is 1. The van der Waals surface area contributed by atoms with Crippen LogP contribution in [0.5, 0.6) is 5.75 Å². The molecule has 25 heavy (non-hydrogen) atoms. The van der Waals surface area contributed by atoms with E-state index in [-0.39, 0.29) is 5.91 Å². The summed E-state index contributed by atoms with van der Waals surface area (Å²) in [6.07, 6.45) is 2.27. The molecule has 5 nitrogen and oxygen atoms in total. The zero-order chi connectivity index (χ0) is 17.8. The maximum absolute atomic E-state index is 12.3. The molecule has 0 radical (unpaired) electrons. The molecule has 130 valence electrons. The highest BCUT2D eigenvalue weighted by molar-refractivity contribution is 5.97. The van der Waals surface area contributed by atoms with Gasteiger partial charge in [-0.2, -0.15) is 0 Å². The van der Waals surface area contributed by atoms with Crippen LogP contribution in [0.4, 0.5) is 5.69 Å². The number of rotatable bonds is 5. The van der Waals surface area contributed by atoms with E-state index >= 15 is 0 Å². The van der Waals surface area contributed by atoms with Crippen molar-refractivity contribution in [3.8, 4) is 5.75 Å². The third-order valence-electron chi connectivity index (χ3n) is 4.32. The van der Waals surface area contributed by atoms with Gasteiger partial charge in [-0.3, -0.25) is 4.79 Å². The highest BCUT2D eigenvalue weighted by atomic mass is 16.5. The monoisotopic (exact) mass is 339 g/mol. The minimum Gasteiger partial charge on any atom is -0.497 e. The summed E-state index contributed by atoms with van der Waals surface area (Å²) in [5.41, 5.74) is 3.56. The van der Waals surface area contributed by atoms with E-state index in [2.05, 4.69) is 5.32 Å². The topological polar surface area (TPSA) is 64.6 Å². The minimum atomic E-state index is -0.896. The Morgan fingerprint density at radius 1 is 1.08 bits per heavy atom. The van der Waals surface area contributed by atoms with Crippen molar-refractivity contribution in [1.29, 1.82) is 0 Å². The molecule has 2 aromatic rings. The van der Waals surface area contributed by atoms with Gasteiger partial charge in [-0.05, 0) is 61.6 Å². The number of carbonyl (C=O) groups excluding carboxylic acids is 2. The molecule has 1 atom stereocenters. The van der Waals surface area contributed by atoms with Crippen LogP contribution in [0, 0.1) is 0 Å². The van der Waals surface area contributed by atoms with Gasteiger partial charge in [-0.25, -0.2) is 4.79 Å². The molecular formula is C20H21NO4. The summed E-state index contributed by atoms with van der Waals surface area (Å²) in [5.74, 6) is -0.230. The molecule has 2 aromatic carbocycles. The molecule has 1 aliphatic rings. The fourth-order valence-corrected chi connectivity index (χ4v) is 2.93. The molecule has 0 fully saturated rings. The van der Waals surface area contributed by atoms with Crippen LogP contribution in [0.1, 0.15) is 34.8 Å². The van der Waals surface area contributed by atoms with Crippen molar-refractivity contribution in [3.63, 3.8) is 0 Å². The van der Waals surface area contributed by atoms with Crippen LogP contribution < -0.4 is 10.1 Å². The Hall–Kier alpha value is -2.82. The van der Waals surface area contributed by atoms with Crippen LogP contribution in [0.3, 0.4) is 0 Å². The third kappa shape index (κ3) is 3.99. The van der Waals surface area contributed by atoms with Gasteiger partial charge < -0.3 is 14.8 Å². The van der Waals surface area contributed by atoms with Crippen LogP contribution in [0.25, 0.3) is 0 Å². The predicted octanol–water partition coefficient (Wildman–Crippen LogP) is 3.37. The molecule has 0 aromatic heterocycles. The van der Waals surface area contributed by atoms with Gasteiger partial charge in [-0.1, -0.05) is 12.1 Å². The molecule has 1 aliphatic carbocycles. The van der Waals surface area contributed by atoms with Crippen molar-refractivity contribution in [1.82, 2.24) is 0 Å². The number of benzene rings is 2. The Bertz CT molecular complexity index is 800. The lowest BCUT2D eigenvalue weighted by atomic mass is 10.1. The van der Waals surface area contributed by atoms with Gasteiger partial charge in [0, 0.05) is 11.8 Å². The molecule has 0 saturated heterocycles. The lowest BCUT2D eigenvalue weighted by Gasteiger charge is -2.14. The number of aryl methyl sites for hydroxylation is 2. The highest BCUT2D eigenvalue weighted by Crippen LogP contribution is 2.23. The summed E-state index contributed by atoms with van der Waals surface area (Å²) in [6.45, 7) is 1.56. The summed E-state index contributed by atoms with van der Waals surface area (Å²) < 4.78 is 10.4. The number of carbonyl (C=O) groups is 2. The summed E-state index contributed by atoms with van der Waals surface area (Å²) in [7, 11) is 1.56. The number of hydrogen-bond donors (Lipinski definition) is 1. The number of methoxy groups -OCH3 is 1. The predicted molar refractivity (Wildman–Crippen MR) is 95.0 cm³/mol. The average molecular weight is 339 g/mol. The second kappa shape index (κ2) is 7.38. The van der Waals surface area contributed by atoms with E-state index in [1.54, 1.807) is 44.4 Å².